The quantitative estimate of drug-likeness (QED) is 0.891. The van der Waals surface area contributed by atoms with Gasteiger partial charge in [-0.25, -0.2) is 9.59 Å². The molecule has 1 unspecified atom stereocenters. The van der Waals surface area contributed by atoms with Crippen LogP contribution < -0.4 is 5.32 Å². The van der Waals surface area contributed by atoms with Crippen molar-refractivity contribution < 1.29 is 14.7 Å². The number of likely N-dealkylation sites (tertiary alicyclic amines) is 1. The van der Waals surface area contributed by atoms with Crippen molar-refractivity contribution in [2.24, 2.45) is 5.92 Å². The molecule has 0 saturated carbocycles. The Morgan fingerprint density at radius 2 is 2.24 bits per heavy atom. The van der Waals surface area contributed by atoms with Gasteiger partial charge in [-0.15, -0.1) is 0 Å². The summed E-state index contributed by atoms with van der Waals surface area (Å²) in [4.78, 5) is 25.0. The van der Waals surface area contributed by atoms with Gasteiger partial charge >= 0.3 is 12.0 Å². The van der Waals surface area contributed by atoms with Gasteiger partial charge in [-0.05, 0) is 37.0 Å². The number of hydrogen-bond acceptors (Lipinski definition) is 2. The van der Waals surface area contributed by atoms with Crippen molar-refractivity contribution in [3.63, 3.8) is 0 Å². The van der Waals surface area contributed by atoms with Crippen LogP contribution >= 0.6 is 11.6 Å². The van der Waals surface area contributed by atoms with Gasteiger partial charge in [0, 0.05) is 18.8 Å². The number of carbonyl (C=O) groups is 2. The molecule has 0 spiro atoms. The Bertz CT molecular complexity index is 548. The van der Waals surface area contributed by atoms with Crippen molar-refractivity contribution in [2.75, 3.05) is 18.4 Å². The molecule has 1 atom stereocenters. The van der Waals surface area contributed by atoms with Crippen LogP contribution in [0.5, 0.6) is 0 Å². The van der Waals surface area contributed by atoms with E-state index in [9.17, 15) is 9.59 Å². The molecule has 114 valence electrons. The zero-order valence-corrected chi connectivity index (χ0v) is 12.7. The highest BCUT2D eigenvalue weighted by Crippen LogP contribution is 2.23. The summed E-state index contributed by atoms with van der Waals surface area (Å²) in [5.41, 5.74) is 0.431. The van der Waals surface area contributed by atoms with Crippen LogP contribution in [0.25, 0.3) is 0 Å². The molecule has 2 rings (SSSR count). The van der Waals surface area contributed by atoms with Gasteiger partial charge in [0.1, 0.15) is 0 Å². The van der Waals surface area contributed by atoms with Crippen LogP contribution in [-0.2, 0) is 0 Å². The van der Waals surface area contributed by atoms with E-state index >= 15 is 0 Å². The summed E-state index contributed by atoms with van der Waals surface area (Å²) in [5.74, 6) is -0.541. The van der Waals surface area contributed by atoms with Gasteiger partial charge in [-0.3, -0.25) is 0 Å². The van der Waals surface area contributed by atoms with Gasteiger partial charge in [0.25, 0.3) is 0 Å². The zero-order valence-electron chi connectivity index (χ0n) is 11.9. The maximum atomic E-state index is 12.2. The fourth-order valence-corrected chi connectivity index (χ4v) is 2.83. The molecule has 1 saturated heterocycles. The topological polar surface area (TPSA) is 69.6 Å². The Kier molecular flexibility index (Phi) is 5.07. The van der Waals surface area contributed by atoms with E-state index in [1.165, 1.54) is 12.1 Å². The van der Waals surface area contributed by atoms with Crippen LogP contribution in [0.3, 0.4) is 0 Å². The molecule has 1 heterocycles. The molecule has 1 aliphatic heterocycles. The van der Waals surface area contributed by atoms with Crippen molar-refractivity contribution in [1.82, 2.24) is 4.90 Å². The van der Waals surface area contributed by atoms with E-state index in [1.54, 1.807) is 11.0 Å². The Morgan fingerprint density at radius 3 is 2.90 bits per heavy atom. The minimum absolute atomic E-state index is 0.0141. The van der Waals surface area contributed by atoms with Crippen molar-refractivity contribution in [1.29, 1.82) is 0 Å². The first kappa shape index (κ1) is 15.6. The van der Waals surface area contributed by atoms with E-state index in [4.69, 9.17) is 16.7 Å². The van der Waals surface area contributed by atoms with Crippen LogP contribution in [-0.4, -0.2) is 35.1 Å². The molecule has 1 aromatic rings. The van der Waals surface area contributed by atoms with Crippen LogP contribution in [0, 0.1) is 5.92 Å². The largest absolute Gasteiger partial charge is 0.478 e. The molecule has 1 aliphatic rings. The molecule has 0 bridgehead atoms. The molecule has 2 amide bonds. The van der Waals surface area contributed by atoms with Gasteiger partial charge in [0.2, 0.25) is 0 Å². The molecule has 1 aromatic carbocycles. The fraction of sp³-hybridized carbons (Fsp3) is 0.467. The number of carboxylic acid groups (broad SMARTS) is 1. The molecule has 6 heteroatoms. The minimum Gasteiger partial charge on any atom is -0.478 e. The Labute approximate surface area is 128 Å². The predicted molar refractivity (Wildman–Crippen MR) is 82.0 cm³/mol. The van der Waals surface area contributed by atoms with Crippen LogP contribution in [0.4, 0.5) is 10.5 Å². The number of halogens is 1. The van der Waals surface area contributed by atoms with Crippen molar-refractivity contribution >= 4 is 29.3 Å². The van der Waals surface area contributed by atoms with Gasteiger partial charge in [0.15, 0.2) is 0 Å². The van der Waals surface area contributed by atoms with E-state index in [2.05, 4.69) is 12.2 Å². The molecule has 5 nitrogen and oxygen atoms in total. The highest BCUT2D eigenvalue weighted by atomic mass is 35.5. The molecule has 0 aliphatic carbocycles. The van der Waals surface area contributed by atoms with E-state index in [0.29, 0.717) is 11.6 Å². The number of nitrogens with one attached hydrogen (secondary N) is 1. The average Bonchev–Trinajstić information content (AvgIpc) is 2.90. The SMILES string of the molecule is CCCC1CCN(C(=O)Nc2ccc(Cl)c(C(=O)O)c2)C1. The number of nitrogens with zero attached hydrogens (tertiary/aromatic N) is 1. The number of hydrogen-bond donors (Lipinski definition) is 2. The minimum atomic E-state index is -1.11. The van der Waals surface area contributed by atoms with E-state index in [-0.39, 0.29) is 16.6 Å². The molecule has 1 fully saturated rings. The summed E-state index contributed by atoms with van der Waals surface area (Å²) in [7, 11) is 0. The molecule has 21 heavy (non-hydrogen) atoms. The Morgan fingerprint density at radius 1 is 1.48 bits per heavy atom. The third-order valence-corrected chi connectivity index (χ3v) is 4.05. The summed E-state index contributed by atoms with van der Waals surface area (Å²) in [6, 6.07) is 4.27. The highest BCUT2D eigenvalue weighted by Gasteiger charge is 2.25. The van der Waals surface area contributed by atoms with Gasteiger partial charge < -0.3 is 15.3 Å². The number of aromatic carboxylic acids is 1. The first-order valence-corrected chi connectivity index (χ1v) is 7.47. The predicted octanol–water partition coefficient (Wildman–Crippen LogP) is 3.69. The summed E-state index contributed by atoms with van der Waals surface area (Å²) < 4.78 is 0. The second-order valence-electron chi connectivity index (χ2n) is 5.32. The van der Waals surface area contributed by atoms with Gasteiger partial charge in [-0.1, -0.05) is 24.9 Å². The zero-order chi connectivity index (χ0) is 15.4. The average molecular weight is 311 g/mol. The van der Waals surface area contributed by atoms with Crippen LogP contribution in [0.1, 0.15) is 36.5 Å². The van der Waals surface area contributed by atoms with E-state index in [1.807, 2.05) is 0 Å². The lowest BCUT2D eigenvalue weighted by Crippen LogP contribution is -2.33. The number of rotatable bonds is 4. The lowest BCUT2D eigenvalue weighted by molar-refractivity contribution is 0.0697. The second-order valence-corrected chi connectivity index (χ2v) is 5.73. The summed E-state index contributed by atoms with van der Waals surface area (Å²) >= 11 is 5.80. The van der Waals surface area contributed by atoms with Crippen molar-refractivity contribution in [3.8, 4) is 0 Å². The maximum Gasteiger partial charge on any atom is 0.337 e. The maximum absolute atomic E-state index is 12.2. The van der Waals surface area contributed by atoms with Crippen molar-refractivity contribution in [2.45, 2.75) is 26.2 Å². The Balaban J connectivity index is 2.00. The number of carbonyl (C=O) groups excluding carboxylic acids is 1. The number of anilines is 1. The lowest BCUT2D eigenvalue weighted by Gasteiger charge is -2.17. The van der Waals surface area contributed by atoms with Crippen molar-refractivity contribution in [3.05, 3.63) is 28.8 Å². The Hall–Kier alpha value is -1.75. The third-order valence-electron chi connectivity index (χ3n) is 3.72. The van der Waals surface area contributed by atoms with Gasteiger partial charge in [-0.2, -0.15) is 0 Å². The summed E-state index contributed by atoms with van der Waals surface area (Å²) in [5, 5.41) is 11.9. The molecule has 2 N–H and O–H groups in total. The van der Waals surface area contributed by atoms with Crippen LogP contribution in [0.2, 0.25) is 5.02 Å². The van der Waals surface area contributed by atoms with Gasteiger partial charge in [0.05, 0.1) is 10.6 Å². The van der Waals surface area contributed by atoms with E-state index in [0.717, 1.165) is 32.4 Å². The van der Waals surface area contributed by atoms with Crippen LogP contribution in [0.15, 0.2) is 18.2 Å². The number of benzene rings is 1. The standard InChI is InChI=1S/C15H19ClN2O3/c1-2-3-10-6-7-18(9-10)15(21)17-11-4-5-13(16)12(8-11)14(19)20/h4-5,8,10H,2-3,6-7,9H2,1H3,(H,17,21)(H,19,20). The number of amides is 2. The first-order chi connectivity index (χ1) is 10.0. The summed E-state index contributed by atoms with van der Waals surface area (Å²) in [6.07, 6.45) is 3.29. The first-order valence-electron chi connectivity index (χ1n) is 7.10. The highest BCUT2D eigenvalue weighted by molar-refractivity contribution is 6.33. The summed E-state index contributed by atoms with van der Waals surface area (Å²) in [6.45, 7) is 3.65. The normalized spacial score (nSPS) is 17.8. The smallest absolute Gasteiger partial charge is 0.337 e. The lowest BCUT2D eigenvalue weighted by atomic mass is 10.0. The second kappa shape index (κ2) is 6.80. The molecule has 0 aromatic heterocycles. The number of urea groups is 1. The molecular formula is C15H19ClN2O3. The monoisotopic (exact) mass is 310 g/mol. The fourth-order valence-electron chi connectivity index (χ4n) is 2.63. The molecule has 0 radical (unpaired) electrons. The number of carboxylic acids is 1. The third kappa shape index (κ3) is 3.88. The molecular weight excluding hydrogens is 292 g/mol. The van der Waals surface area contributed by atoms with E-state index < -0.39 is 5.97 Å².